The van der Waals surface area contributed by atoms with E-state index in [9.17, 15) is 23.3 Å². The molecule has 150 valence electrons. The molecule has 0 fully saturated rings. The molecule has 2 aromatic carbocycles. The number of sulfonamides is 1. The van der Waals surface area contributed by atoms with E-state index in [2.05, 4.69) is 10.0 Å². The van der Waals surface area contributed by atoms with Crippen molar-refractivity contribution in [3.05, 3.63) is 57.6 Å². The lowest BCUT2D eigenvalue weighted by molar-refractivity contribution is -0.385. The molecule has 2 N–H and O–H groups in total. The van der Waals surface area contributed by atoms with Crippen LogP contribution in [0.3, 0.4) is 0 Å². The van der Waals surface area contributed by atoms with Crippen molar-refractivity contribution in [1.29, 1.82) is 0 Å². The molecule has 2 aromatic rings. The highest BCUT2D eigenvalue weighted by atomic mass is 32.2. The number of amides is 1. The quantitative estimate of drug-likeness (QED) is 0.536. The Bertz CT molecular complexity index is 1020. The Balaban J connectivity index is 2.17. The topological polar surface area (TPSA) is 128 Å². The summed E-state index contributed by atoms with van der Waals surface area (Å²) in [5.41, 5.74) is 1.02. The van der Waals surface area contributed by atoms with Crippen LogP contribution in [0.15, 0.2) is 41.3 Å². The molecule has 1 amide bonds. The maximum Gasteiger partial charge on any atom is 0.274 e. The molecule has 2 rings (SSSR count). The van der Waals surface area contributed by atoms with E-state index in [4.69, 9.17) is 4.74 Å². The minimum absolute atomic E-state index is 0.00280. The van der Waals surface area contributed by atoms with Crippen LogP contribution in [0.1, 0.15) is 18.1 Å². The van der Waals surface area contributed by atoms with Gasteiger partial charge in [-0.25, -0.2) is 8.42 Å². The number of rotatable bonds is 7. The number of nitro benzene ring substituents is 1. The number of hydrogen-bond acceptors (Lipinski definition) is 6. The van der Waals surface area contributed by atoms with Gasteiger partial charge in [-0.3, -0.25) is 14.9 Å². The lowest BCUT2D eigenvalue weighted by atomic mass is 10.1. The average molecular weight is 407 g/mol. The molecule has 0 unspecified atom stereocenters. The second-order valence-electron chi connectivity index (χ2n) is 6.17. The number of methoxy groups -OCH3 is 1. The van der Waals surface area contributed by atoms with E-state index in [-0.39, 0.29) is 21.8 Å². The van der Waals surface area contributed by atoms with Gasteiger partial charge in [-0.2, -0.15) is 4.72 Å². The molecule has 1 atom stereocenters. The van der Waals surface area contributed by atoms with E-state index in [0.29, 0.717) is 11.3 Å². The standard InChI is InChI=1S/C18H21N3O6S/c1-11-10-14(8-9-17(11)27-4)28(25,26)20-13(3)18(22)19-15-6-5-7-16(12(15)2)21(23)24/h5-10,13,20H,1-4H3,(H,19,22)/t13-/m0/s1. The summed E-state index contributed by atoms with van der Waals surface area (Å²) in [7, 11) is -2.47. The van der Waals surface area contributed by atoms with Gasteiger partial charge in [0.15, 0.2) is 0 Å². The summed E-state index contributed by atoms with van der Waals surface area (Å²) in [5.74, 6) is -0.0942. The second kappa shape index (κ2) is 8.36. The van der Waals surface area contributed by atoms with Crippen molar-refractivity contribution in [2.75, 3.05) is 12.4 Å². The van der Waals surface area contributed by atoms with E-state index < -0.39 is 26.9 Å². The Hall–Kier alpha value is -2.98. The molecule has 0 radical (unpaired) electrons. The number of nitrogens with zero attached hydrogens (tertiary/aromatic N) is 1. The fourth-order valence-electron chi connectivity index (χ4n) is 2.57. The van der Waals surface area contributed by atoms with Crippen LogP contribution in [0, 0.1) is 24.0 Å². The number of hydrogen-bond donors (Lipinski definition) is 2. The van der Waals surface area contributed by atoms with Crippen LogP contribution >= 0.6 is 0 Å². The minimum Gasteiger partial charge on any atom is -0.496 e. The number of nitrogens with one attached hydrogen (secondary N) is 2. The highest BCUT2D eigenvalue weighted by Gasteiger charge is 2.24. The van der Waals surface area contributed by atoms with Gasteiger partial charge in [-0.1, -0.05) is 6.07 Å². The van der Waals surface area contributed by atoms with Crippen LogP contribution in [0.4, 0.5) is 11.4 Å². The van der Waals surface area contributed by atoms with Crippen molar-refractivity contribution in [2.24, 2.45) is 0 Å². The molecule has 9 nitrogen and oxygen atoms in total. The predicted molar refractivity (Wildman–Crippen MR) is 104 cm³/mol. The van der Waals surface area contributed by atoms with Crippen LogP contribution < -0.4 is 14.8 Å². The van der Waals surface area contributed by atoms with Gasteiger partial charge in [0.25, 0.3) is 5.69 Å². The summed E-state index contributed by atoms with van der Waals surface area (Å²) in [6, 6.07) is 7.51. The molecular weight excluding hydrogens is 386 g/mol. The third-order valence-electron chi connectivity index (χ3n) is 4.16. The van der Waals surface area contributed by atoms with E-state index in [1.165, 1.54) is 57.4 Å². The molecule has 0 saturated carbocycles. The molecule has 10 heteroatoms. The summed E-state index contributed by atoms with van der Waals surface area (Å²) < 4.78 is 32.5. The molecule has 0 saturated heterocycles. The fraction of sp³-hybridized carbons (Fsp3) is 0.278. The maximum atomic E-state index is 12.5. The Kier molecular flexibility index (Phi) is 6.37. The normalized spacial score (nSPS) is 12.3. The zero-order valence-electron chi connectivity index (χ0n) is 15.8. The lowest BCUT2D eigenvalue weighted by Gasteiger charge is -2.16. The Morgan fingerprint density at radius 2 is 1.89 bits per heavy atom. The first-order valence-corrected chi connectivity index (χ1v) is 9.77. The molecule has 0 aromatic heterocycles. The lowest BCUT2D eigenvalue weighted by Crippen LogP contribution is -2.41. The van der Waals surface area contributed by atoms with Crippen molar-refractivity contribution in [1.82, 2.24) is 4.72 Å². The van der Waals surface area contributed by atoms with E-state index in [1.54, 1.807) is 6.92 Å². The van der Waals surface area contributed by atoms with Crippen molar-refractivity contribution in [3.8, 4) is 5.75 Å². The van der Waals surface area contributed by atoms with Crippen LogP contribution in [-0.4, -0.2) is 32.4 Å². The number of carbonyl (C=O) groups is 1. The molecule has 0 aliphatic carbocycles. The Morgan fingerprint density at radius 3 is 2.46 bits per heavy atom. The average Bonchev–Trinajstić information content (AvgIpc) is 2.62. The molecule has 0 aliphatic rings. The Labute approximate surface area is 162 Å². The highest BCUT2D eigenvalue weighted by Crippen LogP contribution is 2.25. The van der Waals surface area contributed by atoms with Crippen LogP contribution in [0.5, 0.6) is 5.75 Å². The van der Waals surface area contributed by atoms with Gasteiger partial charge in [-0.15, -0.1) is 0 Å². The van der Waals surface area contributed by atoms with Crippen molar-refractivity contribution >= 4 is 27.3 Å². The Morgan fingerprint density at radius 1 is 1.21 bits per heavy atom. The third kappa shape index (κ3) is 4.65. The molecule has 0 aliphatic heterocycles. The SMILES string of the molecule is COc1ccc(S(=O)(=O)N[C@@H](C)C(=O)Nc2cccc([N+](=O)[O-])c2C)cc1C. The summed E-state index contributed by atoms with van der Waals surface area (Å²) in [6.07, 6.45) is 0. The number of carbonyl (C=O) groups excluding carboxylic acids is 1. The molecule has 0 bridgehead atoms. The summed E-state index contributed by atoms with van der Waals surface area (Å²) >= 11 is 0. The van der Waals surface area contributed by atoms with E-state index >= 15 is 0 Å². The number of ether oxygens (including phenoxy) is 1. The van der Waals surface area contributed by atoms with E-state index in [1.807, 2.05) is 0 Å². The van der Waals surface area contributed by atoms with Gasteiger partial charge in [-0.05, 0) is 50.6 Å². The first-order valence-electron chi connectivity index (χ1n) is 8.28. The smallest absolute Gasteiger partial charge is 0.274 e. The highest BCUT2D eigenvalue weighted by molar-refractivity contribution is 7.89. The van der Waals surface area contributed by atoms with Crippen LogP contribution in [0.2, 0.25) is 0 Å². The van der Waals surface area contributed by atoms with Crippen molar-refractivity contribution in [2.45, 2.75) is 31.7 Å². The third-order valence-corrected chi connectivity index (χ3v) is 5.70. The van der Waals surface area contributed by atoms with E-state index in [0.717, 1.165) is 0 Å². The second-order valence-corrected chi connectivity index (χ2v) is 7.88. The van der Waals surface area contributed by atoms with Gasteiger partial charge in [0.1, 0.15) is 5.75 Å². The maximum absolute atomic E-state index is 12.5. The molecule has 0 spiro atoms. The monoisotopic (exact) mass is 407 g/mol. The van der Waals surface area contributed by atoms with Crippen LogP contribution in [-0.2, 0) is 14.8 Å². The molecule has 28 heavy (non-hydrogen) atoms. The van der Waals surface area contributed by atoms with Gasteiger partial charge < -0.3 is 10.1 Å². The summed E-state index contributed by atoms with van der Waals surface area (Å²) in [4.78, 5) is 22.8. The number of aryl methyl sites for hydroxylation is 1. The van der Waals surface area contributed by atoms with Gasteiger partial charge in [0.05, 0.1) is 34.2 Å². The zero-order valence-corrected chi connectivity index (χ0v) is 16.7. The largest absolute Gasteiger partial charge is 0.496 e. The van der Waals surface area contributed by atoms with Crippen LogP contribution in [0.25, 0.3) is 0 Å². The number of anilines is 1. The first kappa shape index (κ1) is 21.3. The number of nitro groups is 1. The first-order chi connectivity index (χ1) is 13.1. The summed E-state index contributed by atoms with van der Waals surface area (Å²) in [5, 5.41) is 13.5. The van der Waals surface area contributed by atoms with Crippen molar-refractivity contribution in [3.63, 3.8) is 0 Å². The van der Waals surface area contributed by atoms with Gasteiger partial charge >= 0.3 is 0 Å². The number of benzene rings is 2. The zero-order chi connectivity index (χ0) is 21.1. The summed E-state index contributed by atoms with van der Waals surface area (Å²) in [6.45, 7) is 4.59. The fourth-order valence-corrected chi connectivity index (χ4v) is 3.86. The van der Waals surface area contributed by atoms with Crippen molar-refractivity contribution < 1.29 is 22.9 Å². The van der Waals surface area contributed by atoms with Gasteiger partial charge in [0, 0.05) is 6.07 Å². The van der Waals surface area contributed by atoms with Gasteiger partial charge in [0.2, 0.25) is 15.9 Å². The molecular formula is C18H21N3O6S. The minimum atomic E-state index is -3.95. The molecule has 0 heterocycles. The predicted octanol–water partition coefficient (Wildman–Crippen LogP) is 2.53.